The van der Waals surface area contributed by atoms with Gasteiger partial charge < -0.3 is 5.32 Å². The molecule has 94 valence electrons. The van der Waals surface area contributed by atoms with Gasteiger partial charge in [-0.25, -0.2) is 0 Å². The molecule has 0 aliphatic heterocycles. The third-order valence-corrected chi connectivity index (χ3v) is 2.90. The zero-order chi connectivity index (χ0) is 12.5. The van der Waals surface area contributed by atoms with Crippen LogP contribution in [0, 0.1) is 0 Å². The molecule has 1 rings (SSSR count). The highest BCUT2D eigenvalue weighted by Gasteiger charge is 2.08. The molecule has 17 heavy (non-hydrogen) atoms. The highest BCUT2D eigenvalue weighted by molar-refractivity contribution is 5.94. The molecule has 1 aromatic rings. The second kappa shape index (κ2) is 7.88. The molecule has 1 aromatic carbocycles. The van der Waals surface area contributed by atoms with E-state index in [1.165, 1.54) is 25.7 Å². The van der Waals surface area contributed by atoms with Crippen LogP contribution in [0.4, 0.5) is 0 Å². The van der Waals surface area contributed by atoms with Crippen LogP contribution in [0.2, 0.25) is 0 Å². The van der Waals surface area contributed by atoms with Crippen LogP contribution in [0.25, 0.3) is 0 Å². The fourth-order valence-electron chi connectivity index (χ4n) is 1.85. The molecule has 0 fully saturated rings. The van der Waals surface area contributed by atoms with Gasteiger partial charge >= 0.3 is 0 Å². The predicted molar refractivity (Wildman–Crippen MR) is 72.1 cm³/mol. The van der Waals surface area contributed by atoms with Crippen molar-refractivity contribution in [2.24, 2.45) is 0 Å². The number of benzene rings is 1. The molecule has 0 saturated carbocycles. The van der Waals surface area contributed by atoms with E-state index < -0.39 is 0 Å². The second-order valence-electron chi connectivity index (χ2n) is 4.59. The summed E-state index contributed by atoms with van der Waals surface area (Å²) in [6, 6.07) is 9.66. The van der Waals surface area contributed by atoms with E-state index in [9.17, 15) is 4.79 Å². The van der Waals surface area contributed by atoms with E-state index in [1.54, 1.807) is 0 Å². The van der Waals surface area contributed by atoms with Crippen molar-refractivity contribution in [1.29, 1.82) is 0 Å². The van der Waals surface area contributed by atoms with Crippen molar-refractivity contribution in [1.82, 2.24) is 5.32 Å². The van der Waals surface area contributed by atoms with Crippen molar-refractivity contribution in [2.45, 2.75) is 52.0 Å². The van der Waals surface area contributed by atoms with Crippen molar-refractivity contribution in [3.05, 3.63) is 35.9 Å². The minimum atomic E-state index is 0.0357. The second-order valence-corrected chi connectivity index (χ2v) is 4.59. The summed E-state index contributed by atoms with van der Waals surface area (Å²) >= 11 is 0. The Hall–Kier alpha value is -1.31. The van der Waals surface area contributed by atoms with Gasteiger partial charge in [-0.3, -0.25) is 4.79 Å². The molecule has 1 amide bonds. The topological polar surface area (TPSA) is 29.1 Å². The molecule has 1 N–H and O–H groups in total. The first kappa shape index (κ1) is 13.8. The maximum atomic E-state index is 11.8. The Morgan fingerprint density at radius 3 is 2.53 bits per heavy atom. The van der Waals surface area contributed by atoms with E-state index in [1.807, 2.05) is 30.3 Å². The molecule has 0 aromatic heterocycles. The van der Waals surface area contributed by atoms with E-state index >= 15 is 0 Å². The van der Waals surface area contributed by atoms with Crippen molar-refractivity contribution in [3.63, 3.8) is 0 Å². The number of rotatable bonds is 7. The molecule has 1 unspecified atom stereocenters. The summed E-state index contributed by atoms with van der Waals surface area (Å²) < 4.78 is 0. The van der Waals surface area contributed by atoms with Gasteiger partial charge in [-0.05, 0) is 25.5 Å². The molecule has 0 aliphatic rings. The molecule has 2 heteroatoms. The standard InChI is InChI=1S/C15H23NO/c1-3-4-5-7-10-13(2)16-15(17)14-11-8-6-9-12-14/h6,8-9,11-13H,3-5,7,10H2,1-2H3,(H,16,17). The van der Waals surface area contributed by atoms with Gasteiger partial charge in [-0.1, -0.05) is 50.8 Å². The first-order chi connectivity index (χ1) is 8.24. The van der Waals surface area contributed by atoms with Crippen LogP contribution in [0.15, 0.2) is 30.3 Å². The molecule has 0 aliphatic carbocycles. The third kappa shape index (κ3) is 5.53. The minimum absolute atomic E-state index is 0.0357. The van der Waals surface area contributed by atoms with Gasteiger partial charge in [-0.15, -0.1) is 0 Å². The monoisotopic (exact) mass is 233 g/mol. The molecule has 0 heterocycles. The molecule has 1 atom stereocenters. The fraction of sp³-hybridized carbons (Fsp3) is 0.533. The molecular weight excluding hydrogens is 210 g/mol. The van der Waals surface area contributed by atoms with E-state index in [-0.39, 0.29) is 11.9 Å². The summed E-state index contributed by atoms with van der Waals surface area (Å²) in [6.07, 6.45) is 6.08. The first-order valence-corrected chi connectivity index (χ1v) is 6.60. The van der Waals surface area contributed by atoms with Crippen LogP contribution < -0.4 is 5.32 Å². The third-order valence-electron chi connectivity index (χ3n) is 2.90. The number of hydrogen-bond acceptors (Lipinski definition) is 1. The molecule has 0 radical (unpaired) electrons. The Morgan fingerprint density at radius 2 is 1.88 bits per heavy atom. The highest BCUT2D eigenvalue weighted by atomic mass is 16.1. The number of hydrogen-bond donors (Lipinski definition) is 1. The van der Waals surface area contributed by atoms with Crippen molar-refractivity contribution in [2.75, 3.05) is 0 Å². The average molecular weight is 233 g/mol. The van der Waals surface area contributed by atoms with Crippen molar-refractivity contribution >= 4 is 5.91 Å². The Bertz CT molecular complexity index is 321. The normalized spacial score (nSPS) is 12.1. The Morgan fingerprint density at radius 1 is 1.18 bits per heavy atom. The van der Waals surface area contributed by atoms with E-state index in [2.05, 4.69) is 19.2 Å². The van der Waals surface area contributed by atoms with Crippen LogP contribution in [0.1, 0.15) is 56.3 Å². The van der Waals surface area contributed by atoms with Gasteiger partial charge in [0.25, 0.3) is 5.91 Å². The lowest BCUT2D eigenvalue weighted by Crippen LogP contribution is -2.32. The van der Waals surface area contributed by atoms with Crippen LogP contribution in [0.3, 0.4) is 0 Å². The smallest absolute Gasteiger partial charge is 0.251 e. The number of unbranched alkanes of at least 4 members (excludes halogenated alkanes) is 3. The maximum Gasteiger partial charge on any atom is 0.251 e. The number of amides is 1. The summed E-state index contributed by atoms with van der Waals surface area (Å²) in [4.78, 5) is 11.8. The molecule has 2 nitrogen and oxygen atoms in total. The van der Waals surface area contributed by atoms with Gasteiger partial charge in [-0.2, -0.15) is 0 Å². The number of carbonyl (C=O) groups excluding carboxylic acids is 1. The summed E-state index contributed by atoms with van der Waals surface area (Å²) in [5, 5.41) is 3.03. The van der Waals surface area contributed by atoms with Crippen molar-refractivity contribution < 1.29 is 4.79 Å². The molecule has 0 spiro atoms. The van der Waals surface area contributed by atoms with E-state index in [0.717, 1.165) is 12.0 Å². The van der Waals surface area contributed by atoms with E-state index in [4.69, 9.17) is 0 Å². The van der Waals surface area contributed by atoms with Gasteiger partial charge in [0.05, 0.1) is 0 Å². The lowest BCUT2D eigenvalue weighted by molar-refractivity contribution is 0.0938. The fourth-order valence-corrected chi connectivity index (χ4v) is 1.85. The molecule has 0 bridgehead atoms. The Labute approximate surface area is 104 Å². The van der Waals surface area contributed by atoms with Gasteiger partial charge in [0, 0.05) is 11.6 Å². The van der Waals surface area contributed by atoms with E-state index in [0.29, 0.717) is 0 Å². The quantitative estimate of drug-likeness (QED) is 0.713. The Kier molecular flexibility index (Phi) is 6.38. The summed E-state index contributed by atoms with van der Waals surface area (Å²) in [7, 11) is 0. The first-order valence-electron chi connectivity index (χ1n) is 6.60. The number of carbonyl (C=O) groups is 1. The summed E-state index contributed by atoms with van der Waals surface area (Å²) in [5.74, 6) is 0.0357. The van der Waals surface area contributed by atoms with Crippen LogP contribution in [0.5, 0.6) is 0 Å². The Balaban J connectivity index is 2.26. The molecular formula is C15H23NO. The zero-order valence-electron chi connectivity index (χ0n) is 10.9. The molecule has 0 saturated heterocycles. The summed E-state index contributed by atoms with van der Waals surface area (Å²) in [5.41, 5.74) is 0.743. The van der Waals surface area contributed by atoms with Crippen LogP contribution >= 0.6 is 0 Å². The lowest BCUT2D eigenvalue weighted by Gasteiger charge is -2.13. The van der Waals surface area contributed by atoms with Crippen molar-refractivity contribution in [3.8, 4) is 0 Å². The SMILES string of the molecule is CCCCCCC(C)NC(=O)c1ccccc1. The highest BCUT2D eigenvalue weighted by Crippen LogP contribution is 2.06. The van der Waals surface area contributed by atoms with Crippen LogP contribution in [-0.2, 0) is 0 Å². The maximum absolute atomic E-state index is 11.8. The average Bonchev–Trinajstić information content (AvgIpc) is 2.36. The van der Waals surface area contributed by atoms with Gasteiger partial charge in [0.2, 0.25) is 0 Å². The minimum Gasteiger partial charge on any atom is -0.350 e. The largest absolute Gasteiger partial charge is 0.350 e. The lowest BCUT2D eigenvalue weighted by atomic mass is 10.1. The summed E-state index contributed by atoms with van der Waals surface area (Å²) in [6.45, 7) is 4.29. The van der Waals surface area contributed by atoms with Crippen LogP contribution in [-0.4, -0.2) is 11.9 Å². The van der Waals surface area contributed by atoms with Gasteiger partial charge in [0.1, 0.15) is 0 Å². The van der Waals surface area contributed by atoms with Gasteiger partial charge in [0.15, 0.2) is 0 Å². The predicted octanol–water partition coefficient (Wildman–Crippen LogP) is 3.78. The zero-order valence-corrected chi connectivity index (χ0v) is 10.9. The number of nitrogens with one attached hydrogen (secondary N) is 1.